The predicted molar refractivity (Wildman–Crippen MR) is 44.5 cm³/mol. The molecule has 2 nitrogen and oxygen atoms in total. The van der Waals surface area contributed by atoms with Gasteiger partial charge in [-0.3, -0.25) is 4.99 Å². The van der Waals surface area contributed by atoms with Crippen LogP contribution in [0.25, 0.3) is 0 Å². The smallest absolute Gasteiger partial charge is 0.0986 e. The minimum absolute atomic E-state index is 1.000. The van der Waals surface area contributed by atoms with Gasteiger partial charge in [-0.15, -0.1) is 0 Å². The van der Waals surface area contributed by atoms with Crippen molar-refractivity contribution in [2.45, 2.75) is 26.2 Å². The standard InChI is InChI=1S/C8H16N2/c1-3-6-9-8-5-4-7-10(8)2/h3-7H2,1-2H3. The molecule has 0 aromatic rings. The third kappa shape index (κ3) is 1.72. The number of likely N-dealkylation sites (tertiary alicyclic amines) is 1. The summed E-state index contributed by atoms with van der Waals surface area (Å²) in [6.45, 7) is 4.36. The summed E-state index contributed by atoms with van der Waals surface area (Å²) in [5.41, 5.74) is 0. The Morgan fingerprint density at radius 1 is 1.60 bits per heavy atom. The highest BCUT2D eigenvalue weighted by molar-refractivity contribution is 5.83. The zero-order valence-corrected chi connectivity index (χ0v) is 6.93. The van der Waals surface area contributed by atoms with Crippen LogP contribution >= 0.6 is 0 Å². The molecular formula is C8H16N2. The van der Waals surface area contributed by atoms with Gasteiger partial charge in [0.1, 0.15) is 0 Å². The Bertz CT molecular complexity index is 129. The molecule has 58 valence electrons. The maximum absolute atomic E-state index is 4.47. The molecule has 2 heteroatoms. The molecule has 1 heterocycles. The number of aliphatic imine (C=N–C) groups is 1. The highest BCUT2D eigenvalue weighted by Crippen LogP contribution is 2.08. The molecule has 0 bridgehead atoms. The van der Waals surface area contributed by atoms with E-state index in [0.29, 0.717) is 0 Å². The molecule has 1 aliphatic rings. The zero-order chi connectivity index (χ0) is 7.40. The third-order valence-corrected chi connectivity index (χ3v) is 1.85. The molecule has 0 saturated carbocycles. The Hall–Kier alpha value is -0.530. The van der Waals surface area contributed by atoms with Gasteiger partial charge in [0.05, 0.1) is 5.84 Å². The number of hydrogen-bond donors (Lipinski definition) is 0. The molecule has 1 aliphatic heterocycles. The lowest BCUT2D eigenvalue weighted by Gasteiger charge is -2.10. The van der Waals surface area contributed by atoms with Crippen molar-refractivity contribution in [3.63, 3.8) is 0 Å². The Balaban J connectivity index is 2.38. The molecular weight excluding hydrogens is 124 g/mol. The van der Waals surface area contributed by atoms with Gasteiger partial charge in [-0.2, -0.15) is 0 Å². The summed E-state index contributed by atoms with van der Waals surface area (Å²) in [6, 6.07) is 0. The molecule has 0 aromatic carbocycles. The lowest BCUT2D eigenvalue weighted by atomic mass is 10.4. The maximum Gasteiger partial charge on any atom is 0.0986 e. The molecule has 0 amide bonds. The number of amidine groups is 1. The summed E-state index contributed by atoms with van der Waals surface area (Å²) in [4.78, 5) is 6.72. The van der Waals surface area contributed by atoms with Crippen molar-refractivity contribution in [2.24, 2.45) is 4.99 Å². The average molecular weight is 140 g/mol. The summed E-state index contributed by atoms with van der Waals surface area (Å²) in [5, 5.41) is 0. The van der Waals surface area contributed by atoms with Crippen molar-refractivity contribution in [1.29, 1.82) is 0 Å². The molecule has 10 heavy (non-hydrogen) atoms. The molecule has 0 spiro atoms. The fourth-order valence-electron chi connectivity index (χ4n) is 1.23. The van der Waals surface area contributed by atoms with Crippen LogP contribution in [0.4, 0.5) is 0 Å². The topological polar surface area (TPSA) is 15.6 Å². The molecule has 1 saturated heterocycles. The summed E-state index contributed by atoms with van der Waals surface area (Å²) < 4.78 is 0. The van der Waals surface area contributed by atoms with Crippen LogP contribution in [0, 0.1) is 0 Å². The van der Waals surface area contributed by atoms with Gasteiger partial charge in [0.15, 0.2) is 0 Å². The SMILES string of the molecule is CCCN=C1CCCN1C. The van der Waals surface area contributed by atoms with E-state index in [0.717, 1.165) is 13.0 Å². The second-order valence-electron chi connectivity index (χ2n) is 2.82. The first kappa shape index (κ1) is 7.58. The van der Waals surface area contributed by atoms with Crippen LogP contribution in [-0.4, -0.2) is 30.9 Å². The highest BCUT2D eigenvalue weighted by atomic mass is 15.2. The average Bonchev–Trinajstić information content (AvgIpc) is 2.31. The van der Waals surface area contributed by atoms with Gasteiger partial charge in [-0.1, -0.05) is 6.92 Å². The molecule has 0 aliphatic carbocycles. The molecule has 0 unspecified atom stereocenters. The van der Waals surface area contributed by atoms with E-state index in [-0.39, 0.29) is 0 Å². The number of hydrogen-bond acceptors (Lipinski definition) is 1. The lowest BCUT2D eigenvalue weighted by molar-refractivity contribution is 0.547. The van der Waals surface area contributed by atoms with Crippen LogP contribution in [0.3, 0.4) is 0 Å². The minimum atomic E-state index is 1.000. The van der Waals surface area contributed by atoms with Crippen molar-refractivity contribution in [2.75, 3.05) is 20.1 Å². The molecule has 1 fully saturated rings. The van der Waals surface area contributed by atoms with Gasteiger partial charge in [-0.05, 0) is 12.8 Å². The molecule has 0 atom stereocenters. The van der Waals surface area contributed by atoms with Gasteiger partial charge < -0.3 is 4.90 Å². The summed E-state index contributed by atoms with van der Waals surface area (Å²) in [5.74, 6) is 1.31. The predicted octanol–water partition coefficient (Wildman–Crippen LogP) is 1.52. The van der Waals surface area contributed by atoms with E-state index in [2.05, 4.69) is 23.9 Å². The van der Waals surface area contributed by atoms with Crippen LogP contribution in [0.5, 0.6) is 0 Å². The Morgan fingerprint density at radius 3 is 2.90 bits per heavy atom. The largest absolute Gasteiger partial charge is 0.363 e. The zero-order valence-electron chi connectivity index (χ0n) is 6.93. The third-order valence-electron chi connectivity index (χ3n) is 1.85. The first-order valence-electron chi connectivity index (χ1n) is 4.09. The molecule has 0 N–H and O–H groups in total. The van der Waals surface area contributed by atoms with Gasteiger partial charge in [-0.25, -0.2) is 0 Å². The Kier molecular flexibility index (Phi) is 2.72. The Labute approximate surface area is 62.9 Å². The first-order valence-corrected chi connectivity index (χ1v) is 4.09. The van der Waals surface area contributed by atoms with E-state index in [9.17, 15) is 0 Å². The van der Waals surface area contributed by atoms with Crippen molar-refractivity contribution in [3.8, 4) is 0 Å². The molecule has 0 aromatic heterocycles. The molecule has 1 rings (SSSR count). The van der Waals surface area contributed by atoms with Gasteiger partial charge in [0.25, 0.3) is 0 Å². The van der Waals surface area contributed by atoms with E-state index >= 15 is 0 Å². The van der Waals surface area contributed by atoms with E-state index < -0.39 is 0 Å². The second kappa shape index (κ2) is 3.59. The van der Waals surface area contributed by atoms with Crippen LogP contribution in [0.1, 0.15) is 26.2 Å². The maximum atomic E-state index is 4.47. The van der Waals surface area contributed by atoms with Crippen molar-refractivity contribution in [3.05, 3.63) is 0 Å². The first-order chi connectivity index (χ1) is 4.84. The van der Waals surface area contributed by atoms with E-state index in [1.807, 2.05) is 0 Å². The fourth-order valence-corrected chi connectivity index (χ4v) is 1.23. The van der Waals surface area contributed by atoms with Crippen LogP contribution < -0.4 is 0 Å². The normalized spacial score (nSPS) is 22.6. The van der Waals surface area contributed by atoms with Crippen LogP contribution in [0.15, 0.2) is 4.99 Å². The fraction of sp³-hybridized carbons (Fsp3) is 0.875. The summed E-state index contributed by atoms with van der Waals surface area (Å²) in [7, 11) is 2.13. The number of rotatable bonds is 2. The highest BCUT2D eigenvalue weighted by Gasteiger charge is 2.12. The van der Waals surface area contributed by atoms with Gasteiger partial charge in [0.2, 0.25) is 0 Å². The lowest BCUT2D eigenvalue weighted by Crippen LogP contribution is -2.19. The van der Waals surface area contributed by atoms with Crippen molar-refractivity contribution in [1.82, 2.24) is 4.90 Å². The molecule has 0 radical (unpaired) electrons. The van der Waals surface area contributed by atoms with E-state index in [1.54, 1.807) is 0 Å². The Morgan fingerprint density at radius 2 is 2.40 bits per heavy atom. The quantitative estimate of drug-likeness (QED) is 0.568. The van der Waals surface area contributed by atoms with Crippen LogP contribution in [-0.2, 0) is 0 Å². The van der Waals surface area contributed by atoms with E-state index in [4.69, 9.17) is 0 Å². The minimum Gasteiger partial charge on any atom is -0.363 e. The van der Waals surface area contributed by atoms with Crippen molar-refractivity contribution < 1.29 is 0 Å². The second-order valence-corrected chi connectivity index (χ2v) is 2.82. The summed E-state index contributed by atoms with van der Waals surface area (Å²) >= 11 is 0. The summed E-state index contributed by atoms with van der Waals surface area (Å²) in [6.07, 6.45) is 3.65. The number of nitrogens with zero attached hydrogens (tertiary/aromatic N) is 2. The van der Waals surface area contributed by atoms with Gasteiger partial charge >= 0.3 is 0 Å². The van der Waals surface area contributed by atoms with Crippen LogP contribution in [0.2, 0.25) is 0 Å². The monoisotopic (exact) mass is 140 g/mol. The van der Waals surface area contributed by atoms with E-state index in [1.165, 1.54) is 25.2 Å². The van der Waals surface area contributed by atoms with Gasteiger partial charge in [0, 0.05) is 26.6 Å². The van der Waals surface area contributed by atoms with Crippen molar-refractivity contribution >= 4 is 5.84 Å².